The van der Waals surface area contributed by atoms with Crippen molar-refractivity contribution in [2.24, 2.45) is 4.99 Å². The van der Waals surface area contributed by atoms with Crippen molar-refractivity contribution < 1.29 is 13.2 Å². The Morgan fingerprint density at radius 3 is 2.60 bits per heavy atom. The number of aromatic nitrogens is 2. The van der Waals surface area contributed by atoms with E-state index in [4.69, 9.17) is 0 Å². The predicted octanol–water partition coefficient (Wildman–Crippen LogP) is 3.84. The molecule has 0 saturated carbocycles. The van der Waals surface area contributed by atoms with Gasteiger partial charge in [-0.25, -0.2) is 15.0 Å². The Balaban J connectivity index is 0.00000312. The maximum atomic E-state index is 12.5. The van der Waals surface area contributed by atoms with Crippen LogP contribution in [0.3, 0.4) is 0 Å². The Morgan fingerprint density at radius 1 is 1.28 bits per heavy atom. The highest BCUT2D eigenvalue weighted by Gasteiger charge is 2.33. The number of guanidine groups is 1. The van der Waals surface area contributed by atoms with Gasteiger partial charge in [-0.15, -0.1) is 46.7 Å². The van der Waals surface area contributed by atoms with Crippen LogP contribution < -0.4 is 10.6 Å². The molecule has 0 bridgehead atoms. The van der Waals surface area contributed by atoms with Crippen molar-refractivity contribution in [2.45, 2.75) is 33.0 Å². The van der Waals surface area contributed by atoms with Gasteiger partial charge < -0.3 is 10.6 Å². The van der Waals surface area contributed by atoms with E-state index in [1.807, 2.05) is 13.8 Å². The number of nitrogens with zero attached hydrogens (tertiary/aromatic N) is 3. The van der Waals surface area contributed by atoms with Gasteiger partial charge in [-0.3, -0.25) is 0 Å². The normalized spacial score (nSPS) is 12.0. The van der Waals surface area contributed by atoms with E-state index in [0.29, 0.717) is 37.0 Å². The highest BCUT2D eigenvalue weighted by atomic mass is 127. The minimum Gasteiger partial charge on any atom is -0.357 e. The fourth-order valence-corrected chi connectivity index (χ4v) is 3.32. The molecule has 0 aliphatic carbocycles. The number of aryl methyl sites for hydroxylation is 1. The van der Waals surface area contributed by atoms with Crippen LogP contribution in [-0.2, 0) is 19.1 Å². The number of hydrogen-bond acceptors (Lipinski definition) is 5. The molecule has 0 fully saturated rings. The molecule has 0 spiro atoms. The highest BCUT2D eigenvalue weighted by Crippen LogP contribution is 2.29. The molecule has 140 valence electrons. The Hall–Kier alpha value is -0.950. The first-order chi connectivity index (χ1) is 11.4. The molecule has 0 aromatic carbocycles. The fraction of sp³-hybridized carbons (Fsp3) is 0.500. The van der Waals surface area contributed by atoms with Crippen LogP contribution in [0, 0.1) is 6.92 Å². The predicted molar refractivity (Wildman–Crippen MR) is 106 cm³/mol. The summed E-state index contributed by atoms with van der Waals surface area (Å²) in [6, 6.07) is 0. The first-order valence-corrected chi connectivity index (χ1v) is 9.03. The van der Waals surface area contributed by atoms with Crippen LogP contribution in [0.5, 0.6) is 0 Å². The van der Waals surface area contributed by atoms with Crippen molar-refractivity contribution in [3.63, 3.8) is 0 Å². The number of alkyl halides is 3. The fourth-order valence-electron chi connectivity index (χ4n) is 1.81. The van der Waals surface area contributed by atoms with Crippen molar-refractivity contribution >= 4 is 52.6 Å². The summed E-state index contributed by atoms with van der Waals surface area (Å²) in [6.45, 7) is 5.54. The number of nitrogens with one attached hydrogen (secondary N) is 2. The summed E-state index contributed by atoms with van der Waals surface area (Å²) in [4.78, 5) is 13.4. The van der Waals surface area contributed by atoms with Gasteiger partial charge in [0.2, 0.25) is 0 Å². The van der Waals surface area contributed by atoms with Crippen molar-refractivity contribution in [1.82, 2.24) is 20.6 Å². The zero-order chi connectivity index (χ0) is 17.6. The molecule has 0 saturated heterocycles. The van der Waals surface area contributed by atoms with Gasteiger partial charge in [-0.2, -0.15) is 13.2 Å². The van der Waals surface area contributed by atoms with Crippen molar-refractivity contribution in [3.05, 3.63) is 32.2 Å². The van der Waals surface area contributed by atoms with Crippen LogP contribution in [0.4, 0.5) is 13.2 Å². The van der Waals surface area contributed by atoms with E-state index < -0.39 is 11.9 Å². The van der Waals surface area contributed by atoms with E-state index in [-0.39, 0.29) is 24.0 Å². The Kier molecular flexibility index (Phi) is 9.07. The third kappa shape index (κ3) is 7.44. The van der Waals surface area contributed by atoms with Gasteiger partial charge in [-0.1, -0.05) is 0 Å². The number of hydrogen-bond donors (Lipinski definition) is 2. The van der Waals surface area contributed by atoms with Crippen LogP contribution in [0.2, 0.25) is 0 Å². The SMILES string of the molecule is CCNC(=NCc1ncc(C)s1)NCCc1nc(C(F)(F)F)cs1.I. The minimum absolute atomic E-state index is 0. The van der Waals surface area contributed by atoms with Gasteiger partial charge in [0.15, 0.2) is 11.7 Å². The molecule has 0 aliphatic rings. The number of aliphatic imine (C=N–C) groups is 1. The summed E-state index contributed by atoms with van der Waals surface area (Å²) in [5.41, 5.74) is -0.831. The maximum Gasteiger partial charge on any atom is 0.434 e. The molecule has 0 atom stereocenters. The summed E-state index contributed by atoms with van der Waals surface area (Å²) in [6.07, 6.45) is -2.18. The molecule has 5 nitrogen and oxygen atoms in total. The molecule has 2 heterocycles. The van der Waals surface area contributed by atoms with E-state index in [1.165, 1.54) is 0 Å². The smallest absolute Gasteiger partial charge is 0.357 e. The molecule has 2 N–H and O–H groups in total. The van der Waals surface area contributed by atoms with Gasteiger partial charge >= 0.3 is 6.18 Å². The largest absolute Gasteiger partial charge is 0.434 e. The van der Waals surface area contributed by atoms with Crippen LogP contribution in [0.1, 0.15) is 27.5 Å². The molecule has 2 aromatic rings. The first kappa shape index (κ1) is 22.1. The second kappa shape index (κ2) is 10.3. The number of rotatable bonds is 6. The van der Waals surface area contributed by atoms with E-state index >= 15 is 0 Å². The summed E-state index contributed by atoms with van der Waals surface area (Å²) in [7, 11) is 0. The van der Waals surface area contributed by atoms with Gasteiger partial charge in [-0.05, 0) is 13.8 Å². The first-order valence-electron chi connectivity index (χ1n) is 7.33. The average molecular weight is 505 g/mol. The molecule has 0 aliphatic heterocycles. The van der Waals surface area contributed by atoms with Crippen molar-refractivity contribution in [3.8, 4) is 0 Å². The molecule has 0 unspecified atom stereocenters. The highest BCUT2D eigenvalue weighted by molar-refractivity contribution is 14.0. The molecule has 2 aromatic heterocycles. The van der Waals surface area contributed by atoms with Crippen molar-refractivity contribution in [2.75, 3.05) is 13.1 Å². The van der Waals surface area contributed by atoms with E-state index in [1.54, 1.807) is 17.5 Å². The van der Waals surface area contributed by atoms with Gasteiger partial charge in [0, 0.05) is 36.0 Å². The summed E-state index contributed by atoms with van der Waals surface area (Å²) in [5.74, 6) is 0.609. The standard InChI is InChI=1S/C14H18F3N5S2.HI/c1-3-18-13(21-7-12-20-6-9(2)24-12)19-5-4-11-22-10(8-23-11)14(15,16)17;/h6,8H,3-5,7H2,1-2H3,(H2,18,19,21);1H. The number of halogens is 4. The molecular formula is C14H19F3IN5S2. The Morgan fingerprint density at radius 2 is 2.04 bits per heavy atom. The van der Waals surface area contributed by atoms with Gasteiger partial charge in [0.1, 0.15) is 5.01 Å². The van der Waals surface area contributed by atoms with Gasteiger partial charge in [0.25, 0.3) is 0 Å². The topological polar surface area (TPSA) is 62.2 Å². The molecule has 0 amide bonds. The Bertz CT molecular complexity index is 684. The Labute approximate surface area is 169 Å². The lowest BCUT2D eigenvalue weighted by Crippen LogP contribution is -2.38. The van der Waals surface area contributed by atoms with Crippen LogP contribution in [0.15, 0.2) is 16.6 Å². The summed E-state index contributed by atoms with van der Waals surface area (Å²) >= 11 is 2.60. The van der Waals surface area contributed by atoms with Crippen molar-refractivity contribution in [1.29, 1.82) is 0 Å². The molecule has 25 heavy (non-hydrogen) atoms. The third-order valence-electron chi connectivity index (χ3n) is 2.86. The lowest BCUT2D eigenvalue weighted by atomic mass is 10.4. The second-order valence-corrected chi connectivity index (χ2v) is 7.12. The summed E-state index contributed by atoms with van der Waals surface area (Å²) in [5, 5.41) is 8.59. The van der Waals surface area contributed by atoms with E-state index in [0.717, 1.165) is 26.6 Å². The zero-order valence-electron chi connectivity index (χ0n) is 13.7. The van der Waals surface area contributed by atoms with E-state index in [2.05, 4.69) is 25.6 Å². The lowest BCUT2D eigenvalue weighted by molar-refractivity contribution is -0.140. The van der Waals surface area contributed by atoms with E-state index in [9.17, 15) is 13.2 Å². The third-order valence-corrected chi connectivity index (χ3v) is 4.67. The minimum atomic E-state index is -4.38. The summed E-state index contributed by atoms with van der Waals surface area (Å²) < 4.78 is 37.5. The maximum absolute atomic E-state index is 12.5. The molecular weight excluding hydrogens is 486 g/mol. The molecule has 0 radical (unpaired) electrons. The van der Waals surface area contributed by atoms with Crippen LogP contribution in [0.25, 0.3) is 0 Å². The zero-order valence-corrected chi connectivity index (χ0v) is 17.6. The molecule has 11 heteroatoms. The second-order valence-electron chi connectivity index (χ2n) is 4.86. The van der Waals surface area contributed by atoms with Crippen LogP contribution >= 0.6 is 46.7 Å². The lowest BCUT2D eigenvalue weighted by Gasteiger charge is -2.10. The quantitative estimate of drug-likeness (QED) is 0.356. The average Bonchev–Trinajstić information content (AvgIpc) is 3.13. The molecule has 2 rings (SSSR count). The monoisotopic (exact) mass is 505 g/mol. The van der Waals surface area contributed by atoms with Crippen LogP contribution in [-0.4, -0.2) is 29.0 Å². The van der Waals surface area contributed by atoms with Gasteiger partial charge in [0.05, 0.1) is 11.6 Å². The number of thiazole rings is 2.